The second-order valence-corrected chi connectivity index (χ2v) is 7.45. The molecule has 2 fully saturated rings. The van der Waals surface area contributed by atoms with Gasteiger partial charge in [0.1, 0.15) is 11.2 Å². The summed E-state index contributed by atoms with van der Waals surface area (Å²) < 4.78 is 0. The molecule has 0 bridgehead atoms. The first-order chi connectivity index (χ1) is 13.5. The summed E-state index contributed by atoms with van der Waals surface area (Å²) in [5, 5.41) is 5.18. The monoisotopic (exact) mass is 380 g/mol. The van der Waals surface area contributed by atoms with Gasteiger partial charge >= 0.3 is 6.03 Å². The molecule has 146 valence electrons. The average Bonchev–Trinajstić information content (AvgIpc) is 3.33. The SMILES string of the molecule is CC[C@]1(C2CCN(C(=O)c3ccc(-c4ccccc4)[nH]3)CC2)NC(=O)NC1=O. The van der Waals surface area contributed by atoms with Crippen LogP contribution in [-0.2, 0) is 4.79 Å². The number of hydrogen-bond donors (Lipinski definition) is 3. The maximum atomic E-state index is 12.9. The van der Waals surface area contributed by atoms with Crippen LogP contribution in [0.1, 0.15) is 36.7 Å². The normalized spacial score (nSPS) is 22.8. The van der Waals surface area contributed by atoms with Gasteiger partial charge in [-0.1, -0.05) is 37.3 Å². The zero-order chi connectivity index (χ0) is 19.7. The molecule has 0 unspecified atom stereocenters. The van der Waals surface area contributed by atoms with Crippen LogP contribution in [-0.4, -0.2) is 46.4 Å². The number of likely N-dealkylation sites (tertiary alicyclic amines) is 1. The van der Waals surface area contributed by atoms with E-state index in [4.69, 9.17) is 0 Å². The van der Waals surface area contributed by atoms with E-state index in [-0.39, 0.29) is 17.7 Å². The van der Waals surface area contributed by atoms with Gasteiger partial charge in [0.15, 0.2) is 0 Å². The largest absolute Gasteiger partial charge is 0.351 e. The number of rotatable bonds is 4. The van der Waals surface area contributed by atoms with Crippen LogP contribution in [0.15, 0.2) is 42.5 Å². The van der Waals surface area contributed by atoms with E-state index in [1.54, 1.807) is 0 Å². The van der Waals surface area contributed by atoms with Crippen molar-refractivity contribution in [2.24, 2.45) is 5.92 Å². The molecule has 0 spiro atoms. The van der Waals surface area contributed by atoms with Crippen LogP contribution in [0.3, 0.4) is 0 Å². The number of nitrogens with one attached hydrogen (secondary N) is 3. The van der Waals surface area contributed by atoms with Crippen LogP contribution < -0.4 is 10.6 Å². The van der Waals surface area contributed by atoms with Gasteiger partial charge in [0.2, 0.25) is 0 Å². The summed E-state index contributed by atoms with van der Waals surface area (Å²) >= 11 is 0. The van der Waals surface area contributed by atoms with Crippen molar-refractivity contribution < 1.29 is 14.4 Å². The lowest BCUT2D eigenvalue weighted by atomic mass is 9.76. The Bertz CT molecular complexity index is 899. The summed E-state index contributed by atoms with van der Waals surface area (Å²) in [5.41, 5.74) is 1.66. The van der Waals surface area contributed by atoms with E-state index in [1.807, 2.05) is 54.3 Å². The Hall–Kier alpha value is -3.09. The maximum absolute atomic E-state index is 12.9. The highest BCUT2D eigenvalue weighted by Crippen LogP contribution is 2.34. The molecule has 3 heterocycles. The molecule has 1 aromatic heterocycles. The molecule has 0 aliphatic carbocycles. The third-order valence-corrected chi connectivity index (χ3v) is 6.01. The Kier molecular flexibility index (Phi) is 4.66. The predicted octanol–water partition coefficient (Wildman–Crippen LogP) is 2.52. The molecule has 1 atom stereocenters. The number of amides is 4. The van der Waals surface area contributed by atoms with Crippen LogP contribution in [0.5, 0.6) is 0 Å². The summed E-state index contributed by atoms with van der Waals surface area (Å²) in [6.45, 7) is 3.04. The smallest absolute Gasteiger partial charge is 0.322 e. The lowest BCUT2D eigenvalue weighted by molar-refractivity contribution is -0.126. The van der Waals surface area contributed by atoms with Crippen LogP contribution >= 0.6 is 0 Å². The Balaban J connectivity index is 1.43. The molecule has 2 aromatic rings. The maximum Gasteiger partial charge on any atom is 0.322 e. The van der Waals surface area contributed by atoms with Crippen molar-refractivity contribution in [3.05, 3.63) is 48.2 Å². The second-order valence-electron chi connectivity index (χ2n) is 7.45. The summed E-state index contributed by atoms with van der Waals surface area (Å²) in [7, 11) is 0. The van der Waals surface area contributed by atoms with E-state index in [2.05, 4.69) is 15.6 Å². The summed E-state index contributed by atoms with van der Waals surface area (Å²) in [6, 6.07) is 13.2. The van der Waals surface area contributed by atoms with Crippen LogP contribution in [0, 0.1) is 5.92 Å². The number of piperidine rings is 1. The fraction of sp³-hybridized carbons (Fsp3) is 0.381. The number of benzene rings is 1. The number of urea groups is 1. The molecule has 4 amide bonds. The third-order valence-electron chi connectivity index (χ3n) is 6.01. The van der Waals surface area contributed by atoms with Crippen LogP contribution in [0.25, 0.3) is 11.3 Å². The Labute approximate surface area is 163 Å². The minimum absolute atomic E-state index is 0.0246. The molecule has 7 nitrogen and oxygen atoms in total. The van der Waals surface area contributed by atoms with Gasteiger partial charge in [-0.3, -0.25) is 14.9 Å². The third kappa shape index (κ3) is 3.06. The zero-order valence-corrected chi connectivity index (χ0v) is 15.8. The number of carbonyl (C=O) groups excluding carboxylic acids is 3. The van der Waals surface area contributed by atoms with Gasteiger partial charge in [-0.2, -0.15) is 0 Å². The van der Waals surface area contributed by atoms with E-state index in [1.165, 1.54) is 0 Å². The lowest BCUT2D eigenvalue weighted by Crippen LogP contribution is -2.56. The Morgan fingerprint density at radius 3 is 2.43 bits per heavy atom. The van der Waals surface area contributed by atoms with Gasteiger partial charge in [-0.05, 0) is 42.9 Å². The molecule has 2 saturated heterocycles. The number of hydrogen-bond acceptors (Lipinski definition) is 3. The minimum Gasteiger partial charge on any atom is -0.351 e. The van der Waals surface area contributed by atoms with E-state index in [0.717, 1.165) is 11.3 Å². The predicted molar refractivity (Wildman–Crippen MR) is 105 cm³/mol. The second kappa shape index (κ2) is 7.14. The van der Waals surface area contributed by atoms with Crippen molar-refractivity contribution in [2.75, 3.05) is 13.1 Å². The average molecular weight is 380 g/mol. The van der Waals surface area contributed by atoms with Gasteiger partial charge in [-0.15, -0.1) is 0 Å². The van der Waals surface area contributed by atoms with Gasteiger partial charge in [0.25, 0.3) is 11.8 Å². The summed E-state index contributed by atoms with van der Waals surface area (Å²) in [6.07, 6.45) is 1.90. The molecule has 0 saturated carbocycles. The van der Waals surface area contributed by atoms with Crippen molar-refractivity contribution >= 4 is 17.8 Å². The van der Waals surface area contributed by atoms with Crippen LogP contribution in [0.2, 0.25) is 0 Å². The van der Waals surface area contributed by atoms with E-state index in [9.17, 15) is 14.4 Å². The first kappa shape index (κ1) is 18.3. The Morgan fingerprint density at radius 2 is 1.82 bits per heavy atom. The van der Waals surface area contributed by atoms with E-state index < -0.39 is 11.6 Å². The van der Waals surface area contributed by atoms with Crippen molar-refractivity contribution in [1.82, 2.24) is 20.5 Å². The molecule has 7 heteroatoms. The number of aromatic amines is 1. The number of nitrogens with zero attached hydrogens (tertiary/aromatic N) is 1. The fourth-order valence-corrected chi connectivity index (χ4v) is 4.38. The highest BCUT2D eigenvalue weighted by Gasteiger charge is 2.51. The fourth-order valence-electron chi connectivity index (χ4n) is 4.38. The highest BCUT2D eigenvalue weighted by molar-refractivity contribution is 6.07. The molecular weight excluding hydrogens is 356 g/mol. The molecular formula is C21H24N4O3. The van der Waals surface area contributed by atoms with E-state index >= 15 is 0 Å². The van der Waals surface area contributed by atoms with Crippen molar-refractivity contribution in [3.63, 3.8) is 0 Å². The standard InChI is InChI=1S/C21H24N4O3/c1-2-21(19(27)23-20(28)24-21)15-10-12-25(13-11-15)18(26)17-9-8-16(22-17)14-6-4-3-5-7-14/h3-9,15,22H,2,10-13H2,1H3,(H2,23,24,27,28)/t21-/m1/s1. The van der Waals surface area contributed by atoms with Gasteiger partial charge in [0, 0.05) is 18.8 Å². The summed E-state index contributed by atoms with van der Waals surface area (Å²) in [4.78, 5) is 41.9. The van der Waals surface area contributed by atoms with Gasteiger partial charge in [0.05, 0.1) is 0 Å². The van der Waals surface area contributed by atoms with Crippen LogP contribution in [0.4, 0.5) is 4.79 Å². The quantitative estimate of drug-likeness (QED) is 0.712. The number of imide groups is 1. The van der Waals surface area contributed by atoms with Gasteiger partial charge in [-0.25, -0.2) is 4.79 Å². The highest BCUT2D eigenvalue weighted by atomic mass is 16.2. The minimum atomic E-state index is -0.848. The Morgan fingerprint density at radius 1 is 1.11 bits per heavy atom. The molecule has 0 radical (unpaired) electrons. The van der Waals surface area contributed by atoms with Crippen molar-refractivity contribution in [1.29, 1.82) is 0 Å². The first-order valence-electron chi connectivity index (χ1n) is 9.71. The molecule has 4 rings (SSSR count). The number of H-pyrrole nitrogens is 1. The van der Waals surface area contributed by atoms with E-state index in [0.29, 0.717) is 38.0 Å². The molecule has 28 heavy (non-hydrogen) atoms. The molecule has 1 aromatic carbocycles. The first-order valence-corrected chi connectivity index (χ1v) is 9.71. The van der Waals surface area contributed by atoms with Gasteiger partial charge < -0.3 is 15.2 Å². The summed E-state index contributed by atoms with van der Waals surface area (Å²) in [5.74, 6) is -0.260. The molecule has 2 aliphatic heterocycles. The topological polar surface area (TPSA) is 94.3 Å². The zero-order valence-electron chi connectivity index (χ0n) is 15.8. The molecule has 3 N–H and O–H groups in total. The molecule has 2 aliphatic rings. The van der Waals surface area contributed by atoms with Crippen molar-refractivity contribution in [3.8, 4) is 11.3 Å². The van der Waals surface area contributed by atoms with Crippen molar-refractivity contribution in [2.45, 2.75) is 31.7 Å². The lowest BCUT2D eigenvalue weighted by Gasteiger charge is -2.40. The number of aromatic nitrogens is 1. The number of carbonyl (C=O) groups is 3.